The molecule has 0 aromatic carbocycles. The lowest BCUT2D eigenvalue weighted by Crippen LogP contribution is -2.30. The summed E-state index contributed by atoms with van der Waals surface area (Å²) >= 11 is 0. The van der Waals surface area contributed by atoms with Gasteiger partial charge in [0, 0.05) is 14.1 Å². The van der Waals surface area contributed by atoms with Gasteiger partial charge in [0.05, 0.1) is 6.61 Å². The van der Waals surface area contributed by atoms with Gasteiger partial charge in [-0.25, -0.2) is 0 Å². The zero-order valence-corrected chi connectivity index (χ0v) is 6.02. The highest BCUT2D eigenvalue weighted by Crippen LogP contribution is 1.97. The third kappa shape index (κ3) is 2.33. The van der Waals surface area contributed by atoms with Crippen molar-refractivity contribution < 1.29 is 6.16 Å². The van der Waals surface area contributed by atoms with Crippen molar-refractivity contribution in [2.45, 2.75) is 25.8 Å². The zero-order valence-electron chi connectivity index (χ0n) is 6.02. The van der Waals surface area contributed by atoms with Gasteiger partial charge in [-0.15, -0.1) is 0 Å². The molecule has 0 amide bonds. The fourth-order valence-electron chi connectivity index (χ4n) is 1.03. The minimum absolute atomic E-state index is 0. The van der Waals surface area contributed by atoms with E-state index in [1.54, 1.807) is 0 Å². The average molecular weight is 131 g/mol. The molecule has 2 nitrogen and oxygen atoms in total. The molecule has 1 rings (SSSR count). The van der Waals surface area contributed by atoms with E-state index in [0.29, 0.717) is 6.04 Å². The molecule has 9 heavy (non-hydrogen) atoms. The Balaban J connectivity index is 0.000000810. The van der Waals surface area contributed by atoms with Crippen LogP contribution in [-0.2, 0) is 4.74 Å². The van der Waals surface area contributed by atoms with Crippen molar-refractivity contribution in [2.75, 3.05) is 19.8 Å². The Bertz CT molecular complexity index is 72.0. The van der Waals surface area contributed by atoms with Crippen LogP contribution in [0.4, 0.5) is 0 Å². The summed E-state index contributed by atoms with van der Waals surface area (Å²) in [7, 11) is 0. The van der Waals surface area contributed by atoms with Crippen LogP contribution in [0.5, 0.6) is 0 Å². The second kappa shape index (κ2) is 3.85. The summed E-state index contributed by atoms with van der Waals surface area (Å²) in [4.78, 5) is 0. The largest absolute Gasteiger partial charge is 0.380 e. The summed E-state index contributed by atoms with van der Waals surface area (Å²) in [6.45, 7) is 5.14. The average Bonchev–Trinajstić information content (AvgIpc) is 2.13. The van der Waals surface area contributed by atoms with Crippen molar-refractivity contribution in [3.63, 3.8) is 0 Å². The molecule has 0 aromatic rings. The minimum Gasteiger partial charge on any atom is -0.380 e. The van der Waals surface area contributed by atoms with Crippen LogP contribution in [0, 0.1) is 0 Å². The van der Waals surface area contributed by atoms with Gasteiger partial charge in [-0.1, -0.05) is 6.92 Å². The first kappa shape index (κ1) is 7.03. The molecule has 0 saturated carbocycles. The zero-order chi connectivity index (χ0) is 6.53. The van der Waals surface area contributed by atoms with Gasteiger partial charge in [0.1, 0.15) is 0 Å². The van der Waals surface area contributed by atoms with E-state index in [9.17, 15) is 0 Å². The Labute approximate surface area is 58.1 Å². The molecule has 1 atom stereocenters. The molecule has 0 aromatic heterocycles. The Hall–Kier alpha value is -0.0800. The van der Waals surface area contributed by atoms with E-state index in [-0.39, 0.29) is 1.43 Å². The van der Waals surface area contributed by atoms with Crippen molar-refractivity contribution in [2.24, 2.45) is 0 Å². The van der Waals surface area contributed by atoms with E-state index >= 15 is 0 Å². The fraction of sp³-hybridized carbons (Fsp3) is 1.00. The second-order valence-corrected chi connectivity index (χ2v) is 2.49. The number of ether oxygens (including phenoxy) is 1. The van der Waals surface area contributed by atoms with Gasteiger partial charge in [0.25, 0.3) is 0 Å². The Morgan fingerprint density at radius 2 is 2.67 bits per heavy atom. The van der Waals surface area contributed by atoms with Gasteiger partial charge in [0.2, 0.25) is 0 Å². The van der Waals surface area contributed by atoms with E-state index in [1.165, 1.54) is 6.42 Å². The molecular formula is C7H17NO. The van der Waals surface area contributed by atoms with Gasteiger partial charge in [-0.3, -0.25) is 0 Å². The van der Waals surface area contributed by atoms with E-state index < -0.39 is 0 Å². The molecule has 1 aliphatic rings. The van der Waals surface area contributed by atoms with E-state index in [2.05, 4.69) is 12.2 Å². The van der Waals surface area contributed by atoms with Crippen LogP contribution >= 0.6 is 0 Å². The molecule has 1 aliphatic heterocycles. The van der Waals surface area contributed by atoms with Crippen molar-refractivity contribution in [1.29, 1.82) is 0 Å². The minimum atomic E-state index is 0. The summed E-state index contributed by atoms with van der Waals surface area (Å²) < 4.78 is 5.34. The molecular weight excluding hydrogens is 114 g/mol. The predicted octanol–water partition coefficient (Wildman–Crippen LogP) is 1.02. The lowest BCUT2D eigenvalue weighted by Gasteiger charge is -2.10. The SMILES string of the molecule is CCC1COCCCN1.[HH]. The third-order valence-corrected chi connectivity index (χ3v) is 1.71. The van der Waals surface area contributed by atoms with Crippen LogP contribution in [0.3, 0.4) is 0 Å². The first-order valence-corrected chi connectivity index (χ1v) is 3.74. The van der Waals surface area contributed by atoms with Crippen LogP contribution in [0.1, 0.15) is 21.2 Å². The maximum Gasteiger partial charge on any atom is 0.0619 e. The van der Waals surface area contributed by atoms with Crippen molar-refractivity contribution in [3.8, 4) is 0 Å². The highest BCUT2D eigenvalue weighted by Gasteiger charge is 2.07. The highest BCUT2D eigenvalue weighted by atomic mass is 16.5. The fourth-order valence-corrected chi connectivity index (χ4v) is 1.03. The summed E-state index contributed by atoms with van der Waals surface area (Å²) in [5, 5.41) is 3.41. The summed E-state index contributed by atoms with van der Waals surface area (Å²) in [6.07, 6.45) is 2.34. The van der Waals surface area contributed by atoms with Crippen molar-refractivity contribution in [1.82, 2.24) is 5.32 Å². The predicted molar refractivity (Wildman–Crippen MR) is 39.6 cm³/mol. The van der Waals surface area contributed by atoms with Gasteiger partial charge in [-0.05, 0) is 19.4 Å². The van der Waals surface area contributed by atoms with E-state index in [0.717, 1.165) is 26.2 Å². The molecule has 0 aliphatic carbocycles. The van der Waals surface area contributed by atoms with Gasteiger partial charge in [0.15, 0.2) is 0 Å². The number of rotatable bonds is 1. The monoisotopic (exact) mass is 131 g/mol. The summed E-state index contributed by atoms with van der Waals surface area (Å²) in [5.41, 5.74) is 0. The van der Waals surface area contributed by atoms with Gasteiger partial charge < -0.3 is 10.1 Å². The molecule has 0 spiro atoms. The van der Waals surface area contributed by atoms with E-state index in [4.69, 9.17) is 4.74 Å². The molecule has 1 saturated heterocycles. The van der Waals surface area contributed by atoms with E-state index in [1.807, 2.05) is 0 Å². The molecule has 1 fully saturated rings. The second-order valence-electron chi connectivity index (χ2n) is 2.49. The Kier molecular flexibility index (Phi) is 3.01. The van der Waals surface area contributed by atoms with Crippen LogP contribution in [0.25, 0.3) is 0 Å². The normalized spacial score (nSPS) is 29.7. The Morgan fingerprint density at radius 1 is 1.78 bits per heavy atom. The molecule has 0 bridgehead atoms. The lowest BCUT2D eigenvalue weighted by molar-refractivity contribution is 0.130. The number of nitrogens with one attached hydrogen (secondary N) is 1. The first-order chi connectivity index (χ1) is 4.43. The summed E-state index contributed by atoms with van der Waals surface area (Å²) in [6, 6.07) is 0.604. The maximum absolute atomic E-state index is 5.34. The molecule has 56 valence electrons. The van der Waals surface area contributed by atoms with Crippen LogP contribution in [-0.4, -0.2) is 25.8 Å². The van der Waals surface area contributed by atoms with Crippen LogP contribution < -0.4 is 5.32 Å². The lowest BCUT2D eigenvalue weighted by atomic mass is 10.2. The number of hydrogen-bond donors (Lipinski definition) is 1. The molecule has 1 heterocycles. The van der Waals surface area contributed by atoms with Crippen LogP contribution in [0.2, 0.25) is 0 Å². The van der Waals surface area contributed by atoms with Crippen molar-refractivity contribution >= 4 is 0 Å². The van der Waals surface area contributed by atoms with Gasteiger partial charge >= 0.3 is 0 Å². The first-order valence-electron chi connectivity index (χ1n) is 3.74. The molecule has 0 radical (unpaired) electrons. The number of hydrogen-bond acceptors (Lipinski definition) is 2. The maximum atomic E-state index is 5.34. The highest BCUT2D eigenvalue weighted by molar-refractivity contribution is 4.65. The van der Waals surface area contributed by atoms with Crippen molar-refractivity contribution in [3.05, 3.63) is 0 Å². The molecule has 1 unspecified atom stereocenters. The smallest absolute Gasteiger partial charge is 0.0619 e. The quantitative estimate of drug-likeness (QED) is 0.573. The Morgan fingerprint density at radius 3 is 3.44 bits per heavy atom. The van der Waals surface area contributed by atoms with Crippen LogP contribution in [0.15, 0.2) is 0 Å². The third-order valence-electron chi connectivity index (χ3n) is 1.71. The molecule has 2 heteroatoms. The van der Waals surface area contributed by atoms with Gasteiger partial charge in [-0.2, -0.15) is 0 Å². The molecule has 1 N–H and O–H groups in total. The topological polar surface area (TPSA) is 21.3 Å². The summed E-state index contributed by atoms with van der Waals surface area (Å²) in [5.74, 6) is 0. The standard InChI is InChI=1S/C7H15NO.H2/c1-2-7-6-9-5-3-4-8-7;/h7-8H,2-6H2,1H3;1H.